The third-order valence-electron chi connectivity index (χ3n) is 4.46. The molecule has 27 heavy (non-hydrogen) atoms. The Kier molecular flexibility index (Phi) is 4.53. The Balaban J connectivity index is 1.35. The fourth-order valence-electron chi connectivity index (χ4n) is 2.83. The van der Waals surface area contributed by atoms with Crippen LogP contribution in [0.5, 0.6) is 0 Å². The normalized spacial score (nSPS) is 13.4. The van der Waals surface area contributed by atoms with E-state index in [9.17, 15) is 9.18 Å². The number of aromatic nitrogens is 4. The van der Waals surface area contributed by atoms with Gasteiger partial charge in [-0.05, 0) is 71.7 Å². The number of anilines is 1. The molecule has 0 spiro atoms. The summed E-state index contributed by atoms with van der Waals surface area (Å²) in [5.41, 5.74) is 2.96. The molecule has 0 saturated heterocycles. The van der Waals surface area contributed by atoms with E-state index in [0.717, 1.165) is 29.8 Å². The minimum atomic E-state index is -0.326. The highest BCUT2D eigenvalue weighted by atomic mass is 19.1. The SMILES string of the molecule is Cc1cc(CNC(=O)Nc2ccc(-c3nnnn3C3CC3)cc2)ccc1F. The largest absolute Gasteiger partial charge is 0.334 e. The second kappa shape index (κ2) is 7.14. The van der Waals surface area contributed by atoms with E-state index in [1.54, 1.807) is 19.1 Å². The van der Waals surface area contributed by atoms with Crippen LogP contribution in [0.25, 0.3) is 11.4 Å². The highest BCUT2D eigenvalue weighted by Crippen LogP contribution is 2.36. The molecule has 0 radical (unpaired) electrons. The van der Waals surface area contributed by atoms with Crippen molar-refractivity contribution in [3.8, 4) is 11.4 Å². The lowest BCUT2D eigenvalue weighted by atomic mass is 10.1. The van der Waals surface area contributed by atoms with E-state index >= 15 is 0 Å². The first-order chi connectivity index (χ1) is 13.1. The number of carbonyl (C=O) groups excluding carboxylic acids is 1. The van der Waals surface area contributed by atoms with Crippen molar-refractivity contribution in [2.45, 2.75) is 32.4 Å². The molecule has 3 aromatic rings. The number of hydrogen-bond donors (Lipinski definition) is 2. The molecule has 2 N–H and O–H groups in total. The Labute approximate surface area is 155 Å². The Hall–Kier alpha value is -3.29. The monoisotopic (exact) mass is 366 g/mol. The molecule has 0 atom stereocenters. The van der Waals surface area contributed by atoms with Gasteiger partial charge in [0, 0.05) is 17.8 Å². The maximum Gasteiger partial charge on any atom is 0.319 e. The van der Waals surface area contributed by atoms with Gasteiger partial charge in [-0.2, -0.15) is 0 Å². The zero-order chi connectivity index (χ0) is 18.8. The Morgan fingerprint density at radius 2 is 2.00 bits per heavy atom. The summed E-state index contributed by atoms with van der Waals surface area (Å²) in [5.74, 6) is 0.483. The van der Waals surface area contributed by atoms with Crippen LogP contribution < -0.4 is 10.6 Å². The van der Waals surface area contributed by atoms with Gasteiger partial charge < -0.3 is 10.6 Å². The van der Waals surface area contributed by atoms with Gasteiger partial charge in [0.15, 0.2) is 5.82 Å². The number of rotatable bonds is 5. The summed E-state index contributed by atoms with van der Waals surface area (Å²) in [5, 5.41) is 17.4. The molecule has 0 aliphatic heterocycles. The molecule has 1 heterocycles. The van der Waals surface area contributed by atoms with E-state index < -0.39 is 0 Å². The van der Waals surface area contributed by atoms with Crippen LogP contribution in [-0.2, 0) is 6.54 Å². The summed E-state index contributed by atoms with van der Waals surface area (Å²) in [6.45, 7) is 2.02. The van der Waals surface area contributed by atoms with Crippen molar-refractivity contribution < 1.29 is 9.18 Å². The van der Waals surface area contributed by atoms with Gasteiger partial charge in [0.1, 0.15) is 5.82 Å². The van der Waals surface area contributed by atoms with Crippen LogP contribution >= 0.6 is 0 Å². The van der Waals surface area contributed by atoms with Gasteiger partial charge in [0.05, 0.1) is 6.04 Å². The van der Waals surface area contributed by atoms with Crippen LogP contribution in [0.1, 0.15) is 30.0 Å². The van der Waals surface area contributed by atoms with Gasteiger partial charge in [-0.3, -0.25) is 0 Å². The van der Waals surface area contributed by atoms with Gasteiger partial charge in [-0.1, -0.05) is 12.1 Å². The average molecular weight is 366 g/mol. The van der Waals surface area contributed by atoms with Crippen molar-refractivity contribution in [2.75, 3.05) is 5.32 Å². The fraction of sp³-hybridized carbons (Fsp3) is 0.263. The number of nitrogens with one attached hydrogen (secondary N) is 2. The Bertz CT molecular complexity index is 965. The number of amides is 2. The van der Waals surface area contributed by atoms with Crippen LogP contribution in [0.4, 0.5) is 14.9 Å². The number of carbonyl (C=O) groups is 1. The predicted octanol–water partition coefficient (Wildman–Crippen LogP) is 3.44. The lowest BCUT2D eigenvalue weighted by Crippen LogP contribution is -2.28. The molecule has 1 saturated carbocycles. The highest BCUT2D eigenvalue weighted by Gasteiger charge is 2.28. The molecule has 1 aliphatic carbocycles. The summed E-state index contributed by atoms with van der Waals surface area (Å²) >= 11 is 0. The van der Waals surface area contributed by atoms with Crippen LogP contribution in [0.15, 0.2) is 42.5 Å². The average Bonchev–Trinajstić information content (AvgIpc) is 3.40. The fourth-order valence-corrected chi connectivity index (χ4v) is 2.83. The predicted molar refractivity (Wildman–Crippen MR) is 98.5 cm³/mol. The lowest BCUT2D eigenvalue weighted by Gasteiger charge is -2.09. The highest BCUT2D eigenvalue weighted by molar-refractivity contribution is 5.89. The van der Waals surface area contributed by atoms with E-state index in [2.05, 4.69) is 26.2 Å². The topological polar surface area (TPSA) is 84.7 Å². The number of tetrazole rings is 1. The van der Waals surface area contributed by atoms with Crippen LogP contribution in [0.2, 0.25) is 0 Å². The van der Waals surface area contributed by atoms with Crippen molar-refractivity contribution in [2.24, 2.45) is 0 Å². The zero-order valence-corrected chi connectivity index (χ0v) is 14.8. The van der Waals surface area contributed by atoms with Crippen LogP contribution in [0, 0.1) is 12.7 Å². The molecule has 2 amide bonds. The van der Waals surface area contributed by atoms with Crippen molar-refractivity contribution in [3.05, 3.63) is 59.4 Å². The summed E-state index contributed by atoms with van der Waals surface area (Å²) < 4.78 is 15.1. The molecule has 8 heteroatoms. The minimum absolute atomic E-state index is 0.254. The van der Waals surface area contributed by atoms with E-state index in [-0.39, 0.29) is 11.8 Å². The maximum absolute atomic E-state index is 13.3. The molecule has 1 fully saturated rings. The summed E-state index contributed by atoms with van der Waals surface area (Å²) in [6.07, 6.45) is 2.21. The molecule has 138 valence electrons. The third kappa shape index (κ3) is 3.94. The molecule has 1 aromatic heterocycles. The number of aryl methyl sites for hydroxylation is 1. The first-order valence-corrected chi connectivity index (χ1v) is 8.78. The molecular formula is C19H19FN6O. The first kappa shape index (κ1) is 17.1. The summed E-state index contributed by atoms with van der Waals surface area (Å²) in [4.78, 5) is 12.1. The van der Waals surface area contributed by atoms with Gasteiger partial charge in [-0.15, -0.1) is 5.10 Å². The number of urea groups is 1. The molecule has 7 nitrogen and oxygen atoms in total. The van der Waals surface area contributed by atoms with Crippen molar-refractivity contribution in [1.82, 2.24) is 25.5 Å². The second-order valence-electron chi connectivity index (χ2n) is 6.65. The molecular weight excluding hydrogens is 347 g/mol. The number of nitrogens with zero attached hydrogens (tertiary/aromatic N) is 4. The number of benzene rings is 2. The summed E-state index contributed by atoms with van der Waals surface area (Å²) in [7, 11) is 0. The van der Waals surface area contributed by atoms with Crippen molar-refractivity contribution in [3.63, 3.8) is 0 Å². The standard InChI is InChI=1S/C19H19FN6O/c1-12-10-13(2-9-17(12)20)11-21-19(27)22-15-5-3-14(4-6-15)18-23-24-25-26(18)16-7-8-16/h2-6,9-10,16H,7-8,11H2,1H3,(H2,21,22,27). The van der Waals surface area contributed by atoms with E-state index in [0.29, 0.717) is 23.8 Å². The second-order valence-corrected chi connectivity index (χ2v) is 6.65. The van der Waals surface area contributed by atoms with Gasteiger partial charge in [0.2, 0.25) is 0 Å². The Morgan fingerprint density at radius 3 is 2.70 bits per heavy atom. The first-order valence-electron chi connectivity index (χ1n) is 8.78. The quantitative estimate of drug-likeness (QED) is 0.724. The number of halogens is 1. The van der Waals surface area contributed by atoms with Gasteiger partial charge in [0.25, 0.3) is 0 Å². The van der Waals surface area contributed by atoms with E-state index in [1.807, 2.05) is 28.9 Å². The molecule has 0 unspecified atom stereocenters. The molecule has 2 aromatic carbocycles. The van der Waals surface area contributed by atoms with E-state index in [4.69, 9.17) is 0 Å². The molecule has 4 rings (SSSR count). The third-order valence-corrected chi connectivity index (χ3v) is 4.46. The molecule has 0 bridgehead atoms. The smallest absolute Gasteiger partial charge is 0.319 e. The molecule has 1 aliphatic rings. The van der Waals surface area contributed by atoms with Gasteiger partial charge >= 0.3 is 6.03 Å². The van der Waals surface area contributed by atoms with E-state index in [1.165, 1.54) is 6.07 Å². The number of hydrogen-bond acceptors (Lipinski definition) is 4. The van der Waals surface area contributed by atoms with Gasteiger partial charge in [-0.25, -0.2) is 13.9 Å². The van der Waals surface area contributed by atoms with Crippen LogP contribution in [0.3, 0.4) is 0 Å². The summed E-state index contributed by atoms with van der Waals surface area (Å²) in [6, 6.07) is 12.2. The lowest BCUT2D eigenvalue weighted by molar-refractivity contribution is 0.251. The van der Waals surface area contributed by atoms with Crippen LogP contribution in [-0.4, -0.2) is 26.2 Å². The zero-order valence-electron chi connectivity index (χ0n) is 14.8. The maximum atomic E-state index is 13.3. The van der Waals surface area contributed by atoms with Crippen molar-refractivity contribution in [1.29, 1.82) is 0 Å². The van der Waals surface area contributed by atoms with Crippen molar-refractivity contribution >= 4 is 11.7 Å². The Morgan fingerprint density at radius 1 is 1.22 bits per heavy atom. The minimum Gasteiger partial charge on any atom is -0.334 e.